The highest BCUT2D eigenvalue weighted by Gasteiger charge is 2.22. The van der Waals surface area contributed by atoms with Gasteiger partial charge >= 0.3 is 6.03 Å². The van der Waals surface area contributed by atoms with Crippen molar-refractivity contribution >= 4 is 11.7 Å². The summed E-state index contributed by atoms with van der Waals surface area (Å²) in [6.45, 7) is 4.86. The van der Waals surface area contributed by atoms with Crippen LogP contribution in [0.1, 0.15) is 18.5 Å². The van der Waals surface area contributed by atoms with E-state index in [4.69, 9.17) is 0 Å². The average molecular weight is 325 g/mol. The number of hydrogen-bond acceptors (Lipinski definition) is 3. The van der Waals surface area contributed by atoms with Crippen LogP contribution in [0.4, 0.5) is 10.5 Å². The van der Waals surface area contributed by atoms with Crippen molar-refractivity contribution in [3.05, 3.63) is 60.2 Å². The molecule has 126 valence electrons. The van der Waals surface area contributed by atoms with E-state index in [-0.39, 0.29) is 17.8 Å². The van der Waals surface area contributed by atoms with Gasteiger partial charge in [-0.25, -0.2) is 4.79 Å². The summed E-state index contributed by atoms with van der Waals surface area (Å²) in [5.41, 5.74) is 2.09. The van der Waals surface area contributed by atoms with Crippen LogP contribution in [0, 0.1) is 0 Å². The number of nitrogens with zero attached hydrogens (tertiary/aromatic N) is 2. The summed E-state index contributed by atoms with van der Waals surface area (Å²) >= 11 is 0. The van der Waals surface area contributed by atoms with Gasteiger partial charge in [-0.1, -0.05) is 36.4 Å². The normalized spacial score (nSPS) is 15.9. The maximum Gasteiger partial charge on any atom is 0.317 e. The molecule has 0 radical (unpaired) electrons. The second kappa shape index (κ2) is 7.25. The minimum absolute atomic E-state index is 0.0113. The number of carbonyl (C=O) groups is 1. The van der Waals surface area contributed by atoms with Crippen molar-refractivity contribution < 1.29 is 9.90 Å². The molecule has 3 rings (SSSR count). The largest absolute Gasteiger partial charge is 0.508 e. The minimum atomic E-state index is -0.0260. The quantitative estimate of drug-likeness (QED) is 0.912. The highest BCUT2D eigenvalue weighted by Crippen LogP contribution is 2.21. The number of amides is 2. The Bertz CT molecular complexity index is 682. The first-order valence-corrected chi connectivity index (χ1v) is 8.28. The molecule has 1 aliphatic heterocycles. The van der Waals surface area contributed by atoms with Gasteiger partial charge in [0.1, 0.15) is 5.75 Å². The second-order valence-corrected chi connectivity index (χ2v) is 6.08. The van der Waals surface area contributed by atoms with Crippen LogP contribution in [-0.2, 0) is 0 Å². The van der Waals surface area contributed by atoms with E-state index in [0.717, 1.165) is 24.3 Å². The first-order chi connectivity index (χ1) is 11.6. The Hall–Kier alpha value is -2.69. The van der Waals surface area contributed by atoms with E-state index in [1.165, 1.54) is 0 Å². The van der Waals surface area contributed by atoms with Crippen molar-refractivity contribution in [1.82, 2.24) is 10.2 Å². The van der Waals surface area contributed by atoms with E-state index in [9.17, 15) is 9.90 Å². The summed E-state index contributed by atoms with van der Waals surface area (Å²) in [4.78, 5) is 16.5. The van der Waals surface area contributed by atoms with Gasteiger partial charge in [0.25, 0.3) is 0 Å². The summed E-state index contributed by atoms with van der Waals surface area (Å²) in [6.07, 6.45) is 0. The minimum Gasteiger partial charge on any atom is -0.508 e. The molecule has 0 aromatic heterocycles. The Morgan fingerprint density at radius 2 is 1.75 bits per heavy atom. The molecule has 1 heterocycles. The molecule has 0 unspecified atom stereocenters. The van der Waals surface area contributed by atoms with Crippen molar-refractivity contribution in [1.29, 1.82) is 0 Å². The molecule has 24 heavy (non-hydrogen) atoms. The van der Waals surface area contributed by atoms with Gasteiger partial charge in [-0.3, -0.25) is 0 Å². The summed E-state index contributed by atoms with van der Waals surface area (Å²) < 4.78 is 0. The number of carbonyl (C=O) groups excluding carboxylic acids is 1. The lowest BCUT2D eigenvalue weighted by atomic mass is 10.1. The number of phenols is 1. The number of benzene rings is 2. The number of phenolic OH excluding ortho intramolecular Hbond substituents is 1. The lowest BCUT2D eigenvalue weighted by Gasteiger charge is -2.36. The Kier molecular flexibility index (Phi) is 4.89. The van der Waals surface area contributed by atoms with E-state index >= 15 is 0 Å². The predicted molar refractivity (Wildman–Crippen MR) is 95.3 cm³/mol. The zero-order valence-corrected chi connectivity index (χ0v) is 13.9. The topological polar surface area (TPSA) is 55.8 Å². The molecular formula is C19H23N3O2. The van der Waals surface area contributed by atoms with Gasteiger partial charge in [0, 0.05) is 37.9 Å². The molecule has 2 aromatic carbocycles. The summed E-state index contributed by atoms with van der Waals surface area (Å²) in [5, 5.41) is 12.6. The Balaban J connectivity index is 1.53. The number of rotatable bonds is 3. The first kappa shape index (κ1) is 16.2. The van der Waals surface area contributed by atoms with Crippen LogP contribution in [0.3, 0.4) is 0 Å². The number of anilines is 1. The smallest absolute Gasteiger partial charge is 0.317 e. The van der Waals surface area contributed by atoms with Crippen LogP contribution in [-0.4, -0.2) is 42.2 Å². The third-order valence-corrected chi connectivity index (χ3v) is 4.40. The van der Waals surface area contributed by atoms with Gasteiger partial charge in [0.15, 0.2) is 0 Å². The molecule has 2 amide bonds. The number of hydrogen-bond donors (Lipinski definition) is 2. The van der Waals surface area contributed by atoms with Crippen molar-refractivity contribution in [3.63, 3.8) is 0 Å². The SMILES string of the molecule is C[C@@H](NC(=O)N1CCN(c2cccc(O)c2)CC1)c1ccccc1. The molecule has 0 bridgehead atoms. The molecule has 5 nitrogen and oxygen atoms in total. The van der Waals surface area contributed by atoms with Gasteiger partial charge in [0.2, 0.25) is 0 Å². The third kappa shape index (κ3) is 3.79. The molecule has 1 fully saturated rings. The zero-order valence-electron chi connectivity index (χ0n) is 13.9. The molecule has 0 aliphatic carbocycles. The van der Waals surface area contributed by atoms with Crippen LogP contribution < -0.4 is 10.2 Å². The van der Waals surface area contributed by atoms with Crippen molar-refractivity contribution in [2.24, 2.45) is 0 Å². The standard InChI is InChI=1S/C19H23N3O2/c1-15(16-6-3-2-4-7-16)20-19(24)22-12-10-21(11-13-22)17-8-5-9-18(23)14-17/h2-9,14-15,23H,10-13H2,1H3,(H,20,24)/t15-/m1/s1. The lowest BCUT2D eigenvalue weighted by molar-refractivity contribution is 0.191. The monoisotopic (exact) mass is 325 g/mol. The fraction of sp³-hybridized carbons (Fsp3) is 0.316. The fourth-order valence-corrected chi connectivity index (χ4v) is 2.96. The molecule has 0 spiro atoms. The molecule has 1 atom stereocenters. The third-order valence-electron chi connectivity index (χ3n) is 4.40. The molecular weight excluding hydrogens is 302 g/mol. The van der Waals surface area contributed by atoms with Gasteiger partial charge in [-0.05, 0) is 24.6 Å². The van der Waals surface area contributed by atoms with Crippen molar-refractivity contribution in [2.45, 2.75) is 13.0 Å². The highest BCUT2D eigenvalue weighted by atomic mass is 16.3. The fourth-order valence-electron chi connectivity index (χ4n) is 2.96. The van der Waals surface area contributed by atoms with Crippen LogP contribution in [0.25, 0.3) is 0 Å². The average Bonchev–Trinajstić information content (AvgIpc) is 2.62. The Labute approximate surface area is 142 Å². The van der Waals surface area contributed by atoms with Gasteiger partial charge in [-0.15, -0.1) is 0 Å². The first-order valence-electron chi connectivity index (χ1n) is 8.28. The van der Waals surface area contributed by atoms with E-state index in [2.05, 4.69) is 10.2 Å². The maximum atomic E-state index is 12.4. The number of nitrogens with one attached hydrogen (secondary N) is 1. The molecule has 1 saturated heterocycles. The predicted octanol–water partition coefficient (Wildman–Crippen LogP) is 2.99. The maximum absolute atomic E-state index is 12.4. The molecule has 2 N–H and O–H groups in total. The molecule has 0 saturated carbocycles. The Morgan fingerprint density at radius 1 is 1.04 bits per heavy atom. The summed E-state index contributed by atoms with van der Waals surface area (Å²) in [7, 11) is 0. The molecule has 1 aliphatic rings. The van der Waals surface area contributed by atoms with E-state index < -0.39 is 0 Å². The van der Waals surface area contributed by atoms with Crippen LogP contribution in [0.5, 0.6) is 5.75 Å². The van der Waals surface area contributed by atoms with E-state index in [1.807, 2.05) is 54.3 Å². The Morgan fingerprint density at radius 3 is 2.42 bits per heavy atom. The van der Waals surface area contributed by atoms with Gasteiger partial charge in [-0.2, -0.15) is 0 Å². The second-order valence-electron chi connectivity index (χ2n) is 6.08. The van der Waals surface area contributed by atoms with Crippen LogP contribution >= 0.6 is 0 Å². The summed E-state index contributed by atoms with van der Waals surface area (Å²) in [5.74, 6) is 0.268. The van der Waals surface area contributed by atoms with Crippen LogP contribution in [0.2, 0.25) is 0 Å². The lowest BCUT2D eigenvalue weighted by Crippen LogP contribution is -2.52. The van der Waals surface area contributed by atoms with Crippen LogP contribution in [0.15, 0.2) is 54.6 Å². The van der Waals surface area contributed by atoms with Crippen molar-refractivity contribution in [3.8, 4) is 5.75 Å². The van der Waals surface area contributed by atoms with Gasteiger partial charge < -0.3 is 20.2 Å². The molecule has 2 aromatic rings. The summed E-state index contributed by atoms with van der Waals surface area (Å²) in [6, 6.07) is 17.2. The van der Waals surface area contributed by atoms with E-state index in [0.29, 0.717) is 13.1 Å². The number of piperazine rings is 1. The van der Waals surface area contributed by atoms with Gasteiger partial charge in [0.05, 0.1) is 6.04 Å². The number of aromatic hydroxyl groups is 1. The van der Waals surface area contributed by atoms with E-state index in [1.54, 1.807) is 12.1 Å². The highest BCUT2D eigenvalue weighted by molar-refractivity contribution is 5.75. The number of urea groups is 1. The zero-order chi connectivity index (χ0) is 16.9. The molecule has 5 heteroatoms. The van der Waals surface area contributed by atoms with Crippen molar-refractivity contribution in [2.75, 3.05) is 31.1 Å².